The van der Waals surface area contributed by atoms with Gasteiger partial charge in [0.2, 0.25) is 16.5 Å². The predicted molar refractivity (Wildman–Crippen MR) is 100.0 cm³/mol. The van der Waals surface area contributed by atoms with E-state index in [4.69, 9.17) is 0 Å². The average Bonchev–Trinajstić information content (AvgIpc) is 3.13. The summed E-state index contributed by atoms with van der Waals surface area (Å²) in [6, 6.07) is 16.6. The number of hydrogen-bond donors (Lipinski definition) is 1. The van der Waals surface area contributed by atoms with Gasteiger partial charge < -0.3 is 0 Å². The van der Waals surface area contributed by atoms with E-state index in [1.165, 1.54) is 10.9 Å². The van der Waals surface area contributed by atoms with Crippen molar-refractivity contribution in [2.75, 3.05) is 5.32 Å². The average molecular weight is 363 g/mol. The van der Waals surface area contributed by atoms with Crippen LogP contribution in [0.25, 0.3) is 22.3 Å². The fourth-order valence-corrected chi connectivity index (χ4v) is 3.17. The molecule has 0 aliphatic rings. The third-order valence-corrected chi connectivity index (χ3v) is 4.39. The van der Waals surface area contributed by atoms with E-state index in [9.17, 15) is 9.59 Å². The molecule has 0 saturated carbocycles. The van der Waals surface area contributed by atoms with Crippen LogP contribution >= 0.6 is 11.5 Å². The number of carbonyl (C=O) groups excluding carboxylic acids is 1. The molecule has 4 aromatic rings. The molecule has 0 aliphatic heterocycles. The van der Waals surface area contributed by atoms with Crippen LogP contribution in [0.15, 0.2) is 65.6 Å². The molecule has 0 fully saturated rings. The zero-order valence-corrected chi connectivity index (χ0v) is 14.3. The number of hydrogen-bond acceptors (Lipinski definition) is 6. The van der Waals surface area contributed by atoms with Crippen LogP contribution in [-0.4, -0.2) is 25.0 Å². The minimum Gasteiger partial charge on any atom is -0.299 e. The number of nitrogens with one attached hydrogen (secondary N) is 1. The van der Waals surface area contributed by atoms with Gasteiger partial charge in [-0.2, -0.15) is 14.5 Å². The Labute approximate surface area is 152 Å². The van der Waals surface area contributed by atoms with Crippen LogP contribution in [0.4, 0.5) is 5.13 Å². The van der Waals surface area contributed by atoms with Crippen LogP contribution in [-0.2, 0) is 11.3 Å². The summed E-state index contributed by atoms with van der Waals surface area (Å²) in [6.07, 6.45) is 1.22. The molecule has 2 heterocycles. The number of benzene rings is 2. The highest BCUT2D eigenvalue weighted by Gasteiger charge is 2.12. The summed E-state index contributed by atoms with van der Waals surface area (Å²) in [5.74, 6) is 0.278. The van der Waals surface area contributed by atoms with E-state index in [1.54, 1.807) is 24.3 Å². The second-order valence-corrected chi connectivity index (χ2v) is 6.27. The lowest BCUT2D eigenvalue weighted by Crippen LogP contribution is -2.22. The zero-order chi connectivity index (χ0) is 17.9. The van der Waals surface area contributed by atoms with Crippen molar-refractivity contribution in [2.24, 2.45) is 0 Å². The van der Waals surface area contributed by atoms with Gasteiger partial charge in [-0.05, 0) is 12.1 Å². The van der Waals surface area contributed by atoms with Crippen molar-refractivity contribution in [3.8, 4) is 11.4 Å². The van der Waals surface area contributed by atoms with Crippen LogP contribution in [0.5, 0.6) is 0 Å². The SMILES string of the molecule is O=C(Cn1ncc(=O)c2ccccc21)Nc1nc(-c2ccccc2)ns1. The van der Waals surface area contributed by atoms with Gasteiger partial charge in [0.25, 0.3) is 0 Å². The third kappa shape index (κ3) is 3.22. The molecular formula is C18H13N5O2S. The molecule has 26 heavy (non-hydrogen) atoms. The Bertz CT molecular complexity index is 1140. The van der Waals surface area contributed by atoms with E-state index < -0.39 is 0 Å². The van der Waals surface area contributed by atoms with Crippen molar-refractivity contribution in [2.45, 2.75) is 6.54 Å². The lowest BCUT2D eigenvalue weighted by molar-refractivity contribution is -0.116. The van der Waals surface area contributed by atoms with Crippen LogP contribution in [0.2, 0.25) is 0 Å². The number of anilines is 1. The largest absolute Gasteiger partial charge is 0.299 e. The Morgan fingerprint density at radius 1 is 1.08 bits per heavy atom. The second-order valence-electron chi connectivity index (χ2n) is 5.52. The highest BCUT2D eigenvalue weighted by atomic mass is 32.1. The van der Waals surface area contributed by atoms with Gasteiger partial charge in [-0.1, -0.05) is 42.5 Å². The van der Waals surface area contributed by atoms with E-state index in [2.05, 4.69) is 19.8 Å². The molecule has 128 valence electrons. The Kier molecular flexibility index (Phi) is 4.24. The summed E-state index contributed by atoms with van der Waals surface area (Å²) < 4.78 is 5.75. The summed E-state index contributed by atoms with van der Waals surface area (Å²) in [7, 11) is 0. The minimum atomic E-state index is -0.290. The molecular weight excluding hydrogens is 350 g/mol. The molecule has 0 unspecified atom stereocenters. The smallest absolute Gasteiger partial charge is 0.247 e. The monoisotopic (exact) mass is 363 g/mol. The van der Waals surface area contributed by atoms with Crippen LogP contribution in [0, 0.1) is 0 Å². The van der Waals surface area contributed by atoms with E-state index >= 15 is 0 Å². The zero-order valence-electron chi connectivity index (χ0n) is 13.5. The van der Waals surface area contributed by atoms with Crippen LogP contribution < -0.4 is 10.7 Å². The number of para-hydroxylation sites is 1. The third-order valence-electron chi connectivity index (χ3n) is 3.76. The molecule has 8 heteroatoms. The van der Waals surface area contributed by atoms with Crippen molar-refractivity contribution in [3.05, 3.63) is 71.0 Å². The number of nitrogens with zero attached hydrogens (tertiary/aromatic N) is 4. The maximum atomic E-state index is 12.3. The van der Waals surface area contributed by atoms with Gasteiger partial charge in [0.15, 0.2) is 5.82 Å². The quantitative estimate of drug-likeness (QED) is 0.602. The summed E-state index contributed by atoms with van der Waals surface area (Å²) in [4.78, 5) is 28.5. The number of aromatic nitrogens is 4. The lowest BCUT2D eigenvalue weighted by Gasteiger charge is -2.08. The maximum Gasteiger partial charge on any atom is 0.247 e. The van der Waals surface area contributed by atoms with Gasteiger partial charge in [0, 0.05) is 22.5 Å². The van der Waals surface area contributed by atoms with Gasteiger partial charge in [-0.15, -0.1) is 0 Å². The van der Waals surface area contributed by atoms with Gasteiger partial charge in [0.05, 0.1) is 11.7 Å². The predicted octanol–water partition coefficient (Wildman–Crippen LogP) is 2.55. The number of rotatable bonds is 4. The summed E-state index contributed by atoms with van der Waals surface area (Å²) >= 11 is 1.12. The first kappa shape index (κ1) is 16.1. The highest BCUT2D eigenvalue weighted by Crippen LogP contribution is 2.20. The van der Waals surface area contributed by atoms with E-state index in [1.807, 2.05) is 30.3 Å². The summed E-state index contributed by atoms with van der Waals surface area (Å²) in [5, 5.41) is 7.72. The first-order valence-corrected chi connectivity index (χ1v) is 8.62. The van der Waals surface area contributed by atoms with E-state index in [0.717, 1.165) is 17.1 Å². The van der Waals surface area contributed by atoms with Crippen molar-refractivity contribution in [1.29, 1.82) is 0 Å². The van der Waals surface area contributed by atoms with Gasteiger partial charge >= 0.3 is 0 Å². The number of carbonyl (C=O) groups is 1. The molecule has 0 radical (unpaired) electrons. The molecule has 0 saturated heterocycles. The normalized spacial score (nSPS) is 10.8. The van der Waals surface area contributed by atoms with Gasteiger partial charge in [0.1, 0.15) is 6.54 Å². The molecule has 0 bridgehead atoms. The summed E-state index contributed by atoms with van der Waals surface area (Å²) in [5.41, 5.74) is 1.32. The molecule has 0 atom stereocenters. The standard InChI is InChI=1S/C18H13N5O2S/c24-15-10-19-23(14-9-5-4-8-13(14)15)11-16(25)20-18-21-17(22-26-18)12-6-2-1-3-7-12/h1-10H,11H2,(H,20,21,22,25). The van der Waals surface area contributed by atoms with Crippen LogP contribution in [0.1, 0.15) is 0 Å². The molecule has 0 spiro atoms. The first-order valence-electron chi connectivity index (χ1n) is 7.84. The molecule has 2 aromatic heterocycles. The highest BCUT2D eigenvalue weighted by molar-refractivity contribution is 7.10. The number of amides is 1. The second kappa shape index (κ2) is 6.85. The van der Waals surface area contributed by atoms with Crippen molar-refractivity contribution < 1.29 is 4.79 Å². The molecule has 1 N–H and O–H groups in total. The fourth-order valence-electron chi connectivity index (χ4n) is 2.56. The molecule has 1 amide bonds. The minimum absolute atomic E-state index is 0.0267. The Hall–Kier alpha value is -3.39. The Morgan fingerprint density at radius 3 is 2.69 bits per heavy atom. The van der Waals surface area contributed by atoms with Crippen molar-refractivity contribution >= 4 is 33.5 Å². The Morgan fingerprint density at radius 2 is 1.85 bits per heavy atom. The lowest BCUT2D eigenvalue weighted by atomic mass is 10.2. The molecule has 2 aromatic carbocycles. The molecule has 7 nitrogen and oxygen atoms in total. The fraction of sp³-hybridized carbons (Fsp3) is 0.0556. The topological polar surface area (TPSA) is 89.8 Å². The van der Waals surface area contributed by atoms with Crippen LogP contribution in [0.3, 0.4) is 0 Å². The number of fused-ring (bicyclic) bond motifs is 1. The molecule has 4 rings (SSSR count). The van der Waals surface area contributed by atoms with E-state index in [0.29, 0.717) is 21.9 Å². The van der Waals surface area contributed by atoms with Gasteiger partial charge in [-0.25, -0.2) is 0 Å². The van der Waals surface area contributed by atoms with Crippen molar-refractivity contribution in [1.82, 2.24) is 19.1 Å². The van der Waals surface area contributed by atoms with Gasteiger partial charge in [-0.3, -0.25) is 19.6 Å². The maximum absolute atomic E-state index is 12.3. The summed E-state index contributed by atoms with van der Waals surface area (Å²) in [6.45, 7) is -0.0267. The van der Waals surface area contributed by atoms with Crippen molar-refractivity contribution in [3.63, 3.8) is 0 Å². The van der Waals surface area contributed by atoms with E-state index in [-0.39, 0.29) is 17.9 Å². The first-order chi connectivity index (χ1) is 12.7. The molecule has 0 aliphatic carbocycles. The Balaban J connectivity index is 1.53.